The van der Waals surface area contributed by atoms with Crippen molar-refractivity contribution in [3.05, 3.63) is 23.5 Å². The Hall–Kier alpha value is -0.810. The molecule has 0 atom stereocenters. The third-order valence-electron chi connectivity index (χ3n) is 3.18. The first-order valence-electron chi connectivity index (χ1n) is 6.17. The van der Waals surface area contributed by atoms with Gasteiger partial charge >= 0.3 is 0 Å². The highest BCUT2D eigenvalue weighted by molar-refractivity contribution is 7.92. The monoisotopic (exact) mass is 288 g/mol. The normalized spacial score (nSPS) is 17.6. The molecule has 18 heavy (non-hydrogen) atoms. The maximum Gasteiger partial charge on any atom is 0.232 e. The second-order valence-corrected chi connectivity index (χ2v) is 6.91. The molecule has 2 rings (SSSR count). The molecule has 0 amide bonds. The highest BCUT2D eigenvalue weighted by atomic mass is 35.5. The van der Waals surface area contributed by atoms with Crippen molar-refractivity contribution >= 4 is 27.3 Å². The lowest BCUT2D eigenvalue weighted by atomic mass is 9.91. The van der Waals surface area contributed by atoms with E-state index in [2.05, 4.69) is 9.71 Å². The standard InChI is InChI=1S/C12H17ClN2O2S/c13-12-8-11(6-7-14-12)15-18(16,17)9-10-4-2-1-3-5-10/h6-8,10H,1-5,9H2,(H,14,15). The minimum Gasteiger partial charge on any atom is -0.283 e. The van der Waals surface area contributed by atoms with E-state index in [0.717, 1.165) is 25.7 Å². The lowest BCUT2D eigenvalue weighted by molar-refractivity contribution is 0.385. The minimum atomic E-state index is -3.29. The number of rotatable bonds is 4. The largest absolute Gasteiger partial charge is 0.283 e. The number of aromatic nitrogens is 1. The molecule has 1 heterocycles. The van der Waals surface area contributed by atoms with Crippen LogP contribution in [0.25, 0.3) is 0 Å². The van der Waals surface area contributed by atoms with Crippen molar-refractivity contribution in [2.75, 3.05) is 10.5 Å². The molecule has 0 spiro atoms. The maximum atomic E-state index is 12.0. The first-order valence-corrected chi connectivity index (χ1v) is 8.20. The van der Waals surface area contributed by atoms with Crippen molar-refractivity contribution in [2.24, 2.45) is 5.92 Å². The number of nitrogens with one attached hydrogen (secondary N) is 1. The van der Waals surface area contributed by atoms with Gasteiger partial charge in [0.1, 0.15) is 5.15 Å². The molecule has 1 aliphatic rings. The van der Waals surface area contributed by atoms with Gasteiger partial charge in [-0.05, 0) is 30.9 Å². The van der Waals surface area contributed by atoms with Crippen LogP contribution in [0.5, 0.6) is 0 Å². The van der Waals surface area contributed by atoms with Crippen molar-refractivity contribution in [2.45, 2.75) is 32.1 Å². The maximum absolute atomic E-state index is 12.0. The van der Waals surface area contributed by atoms with Gasteiger partial charge in [0.05, 0.1) is 11.4 Å². The summed E-state index contributed by atoms with van der Waals surface area (Å²) in [7, 11) is -3.29. The van der Waals surface area contributed by atoms with E-state index in [4.69, 9.17) is 11.6 Å². The predicted octanol–water partition coefficient (Wildman–Crippen LogP) is 3.06. The van der Waals surface area contributed by atoms with E-state index in [1.807, 2.05) is 0 Å². The summed E-state index contributed by atoms with van der Waals surface area (Å²) in [5.74, 6) is 0.487. The van der Waals surface area contributed by atoms with E-state index in [9.17, 15) is 8.42 Å². The summed E-state index contributed by atoms with van der Waals surface area (Å²) in [6.07, 6.45) is 7.02. The van der Waals surface area contributed by atoms with Gasteiger partial charge in [0, 0.05) is 6.20 Å². The second kappa shape index (κ2) is 5.89. The first-order chi connectivity index (χ1) is 8.55. The van der Waals surface area contributed by atoms with Crippen molar-refractivity contribution in [3.63, 3.8) is 0 Å². The van der Waals surface area contributed by atoms with E-state index in [-0.39, 0.29) is 16.8 Å². The lowest BCUT2D eigenvalue weighted by Gasteiger charge is -2.21. The SMILES string of the molecule is O=S(=O)(CC1CCCCC1)Nc1ccnc(Cl)c1. The van der Waals surface area contributed by atoms with Crippen molar-refractivity contribution < 1.29 is 8.42 Å². The van der Waals surface area contributed by atoms with E-state index in [1.54, 1.807) is 6.07 Å². The Morgan fingerprint density at radius 2 is 2.06 bits per heavy atom. The average molecular weight is 289 g/mol. The Balaban J connectivity index is 1.98. The summed E-state index contributed by atoms with van der Waals surface area (Å²) < 4.78 is 26.6. The molecular formula is C12H17ClN2O2S. The van der Waals surface area contributed by atoms with Crippen molar-refractivity contribution in [1.82, 2.24) is 4.98 Å². The van der Waals surface area contributed by atoms with Crippen LogP contribution in [-0.4, -0.2) is 19.2 Å². The Labute approximate surface area is 113 Å². The summed E-state index contributed by atoms with van der Waals surface area (Å²) in [5, 5.41) is 0.285. The zero-order valence-electron chi connectivity index (χ0n) is 10.1. The van der Waals surface area contributed by atoms with E-state index >= 15 is 0 Å². The van der Waals surface area contributed by atoms with Gasteiger partial charge in [-0.15, -0.1) is 0 Å². The van der Waals surface area contributed by atoms with Crippen LogP contribution in [0.1, 0.15) is 32.1 Å². The van der Waals surface area contributed by atoms with Crippen LogP contribution in [0.15, 0.2) is 18.3 Å². The number of nitrogens with zero attached hydrogens (tertiary/aromatic N) is 1. The van der Waals surface area contributed by atoms with Gasteiger partial charge in [0.25, 0.3) is 0 Å². The van der Waals surface area contributed by atoms with Gasteiger partial charge in [-0.25, -0.2) is 13.4 Å². The molecule has 0 aromatic carbocycles. The molecule has 0 bridgehead atoms. The van der Waals surface area contributed by atoms with E-state index in [1.165, 1.54) is 18.7 Å². The van der Waals surface area contributed by atoms with Crippen LogP contribution in [0.3, 0.4) is 0 Å². The fraction of sp³-hybridized carbons (Fsp3) is 0.583. The minimum absolute atomic E-state index is 0.201. The zero-order chi connectivity index (χ0) is 13.0. The topological polar surface area (TPSA) is 59.1 Å². The van der Waals surface area contributed by atoms with Crippen LogP contribution >= 0.6 is 11.6 Å². The predicted molar refractivity (Wildman–Crippen MR) is 73.2 cm³/mol. The van der Waals surface area contributed by atoms with Gasteiger partial charge < -0.3 is 0 Å². The van der Waals surface area contributed by atoms with Gasteiger partial charge in [0.2, 0.25) is 10.0 Å². The number of pyridine rings is 1. The Bertz CT molecular complexity index is 499. The molecule has 6 heteroatoms. The van der Waals surface area contributed by atoms with Gasteiger partial charge in [-0.3, -0.25) is 4.72 Å². The fourth-order valence-electron chi connectivity index (χ4n) is 2.35. The molecule has 1 N–H and O–H groups in total. The molecule has 0 radical (unpaired) electrons. The quantitative estimate of drug-likeness (QED) is 0.866. The smallest absolute Gasteiger partial charge is 0.232 e. The summed E-state index contributed by atoms with van der Waals surface area (Å²) in [4.78, 5) is 3.82. The number of sulfonamides is 1. The summed E-state index contributed by atoms with van der Waals surface area (Å²) >= 11 is 5.72. The third kappa shape index (κ3) is 4.14. The fourth-order valence-corrected chi connectivity index (χ4v) is 4.05. The number of hydrogen-bond donors (Lipinski definition) is 1. The number of halogens is 1. The zero-order valence-corrected chi connectivity index (χ0v) is 11.7. The van der Waals surface area contributed by atoms with Gasteiger partial charge in [0.15, 0.2) is 0 Å². The molecule has 100 valence electrons. The van der Waals surface area contributed by atoms with Crippen LogP contribution in [0.2, 0.25) is 5.15 Å². The molecule has 1 fully saturated rings. The van der Waals surface area contributed by atoms with E-state index in [0.29, 0.717) is 5.69 Å². The van der Waals surface area contributed by atoms with Crippen LogP contribution in [0.4, 0.5) is 5.69 Å². The van der Waals surface area contributed by atoms with Crippen LogP contribution < -0.4 is 4.72 Å². The first kappa shape index (κ1) is 13.6. The van der Waals surface area contributed by atoms with Crippen molar-refractivity contribution in [3.8, 4) is 0 Å². The Kier molecular flexibility index (Phi) is 4.45. The lowest BCUT2D eigenvalue weighted by Crippen LogP contribution is -2.24. The summed E-state index contributed by atoms with van der Waals surface area (Å²) in [5.41, 5.74) is 0.478. The molecular weight excluding hydrogens is 272 g/mol. The summed E-state index contributed by atoms with van der Waals surface area (Å²) in [6.45, 7) is 0. The third-order valence-corrected chi connectivity index (χ3v) is 4.84. The van der Waals surface area contributed by atoms with Crippen molar-refractivity contribution in [1.29, 1.82) is 0 Å². The second-order valence-electron chi connectivity index (χ2n) is 4.75. The summed E-state index contributed by atoms with van der Waals surface area (Å²) in [6, 6.07) is 3.12. The molecule has 1 aromatic heterocycles. The molecule has 1 saturated carbocycles. The Morgan fingerprint density at radius 1 is 1.33 bits per heavy atom. The molecule has 1 aliphatic carbocycles. The van der Waals surface area contributed by atoms with E-state index < -0.39 is 10.0 Å². The molecule has 0 aliphatic heterocycles. The highest BCUT2D eigenvalue weighted by Crippen LogP contribution is 2.25. The molecule has 0 unspecified atom stereocenters. The highest BCUT2D eigenvalue weighted by Gasteiger charge is 2.21. The molecule has 0 saturated heterocycles. The number of hydrogen-bond acceptors (Lipinski definition) is 3. The van der Waals surface area contributed by atoms with Gasteiger partial charge in [-0.1, -0.05) is 30.9 Å². The molecule has 1 aromatic rings. The van der Waals surface area contributed by atoms with Gasteiger partial charge in [-0.2, -0.15) is 0 Å². The average Bonchev–Trinajstić information content (AvgIpc) is 2.28. The van der Waals surface area contributed by atoms with Crippen LogP contribution in [0, 0.1) is 5.92 Å². The van der Waals surface area contributed by atoms with Crippen LogP contribution in [-0.2, 0) is 10.0 Å². The number of anilines is 1. The molecule has 4 nitrogen and oxygen atoms in total. The Morgan fingerprint density at radius 3 is 2.72 bits per heavy atom.